The smallest absolute Gasteiger partial charge is 0.0730 e. The first-order chi connectivity index (χ1) is 6.11. The lowest BCUT2D eigenvalue weighted by Gasteiger charge is -2.06. The van der Waals surface area contributed by atoms with E-state index in [4.69, 9.17) is 5.73 Å². The molecule has 0 unspecified atom stereocenters. The van der Waals surface area contributed by atoms with E-state index in [1.54, 1.807) is 6.20 Å². The average Bonchev–Trinajstić information content (AvgIpc) is 2.35. The highest BCUT2D eigenvalue weighted by atomic mass is 32.2. The number of hydrogen-bond donors (Lipinski definition) is 1. The second-order valence-electron chi connectivity index (χ2n) is 3.33. The van der Waals surface area contributed by atoms with E-state index in [1.807, 2.05) is 23.4 Å². The standard InChI is InChI=1S/C9H17N3S/c1-7(2)13-5-4-12-8(3)9(10)6-11-12/h6-7H,4-5,10H2,1-3H3. The van der Waals surface area contributed by atoms with E-state index in [1.165, 1.54) is 0 Å². The molecule has 0 atom stereocenters. The first kappa shape index (κ1) is 10.4. The van der Waals surface area contributed by atoms with Crippen molar-refractivity contribution in [1.82, 2.24) is 9.78 Å². The summed E-state index contributed by atoms with van der Waals surface area (Å²) in [6.07, 6.45) is 1.72. The Morgan fingerprint density at radius 2 is 2.31 bits per heavy atom. The monoisotopic (exact) mass is 199 g/mol. The fourth-order valence-corrected chi connectivity index (χ4v) is 1.81. The maximum Gasteiger partial charge on any atom is 0.0730 e. The van der Waals surface area contributed by atoms with E-state index in [9.17, 15) is 0 Å². The molecule has 0 saturated carbocycles. The van der Waals surface area contributed by atoms with Crippen LogP contribution in [0.2, 0.25) is 0 Å². The van der Waals surface area contributed by atoms with Crippen molar-refractivity contribution in [3.05, 3.63) is 11.9 Å². The molecule has 0 radical (unpaired) electrons. The molecule has 1 aromatic heterocycles. The van der Waals surface area contributed by atoms with Gasteiger partial charge in [-0.15, -0.1) is 0 Å². The van der Waals surface area contributed by atoms with Crippen molar-refractivity contribution in [1.29, 1.82) is 0 Å². The first-order valence-corrected chi connectivity index (χ1v) is 5.55. The maximum atomic E-state index is 5.68. The Labute approximate surface area is 83.7 Å². The van der Waals surface area contributed by atoms with Crippen molar-refractivity contribution in [2.75, 3.05) is 11.5 Å². The molecule has 1 aromatic rings. The topological polar surface area (TPSA) is 43.8 Å². The molecule has 3 nitrogen and oxygen atoms in total. The third kappa shape index (κ3) is 2.95. The van der Waals surface area contributed by atoms with Gasteiger partial charge in [-0.2, -0.15) is 16.9 Å². The molecule has 2 N–H and O–H groups in total. The fourth-order valence-electron chi connectivity index (χ4n) is 1.06. The molecule has 13 heavy (non-hydrogen) atoms. The van der Waals surface area contributed by atoms with Gasteiger partial charge in [-0.3, -0.25) is 4.68 Å². The van der Waals surface area contributed by atoms with Gasteiger partial charge in [-0.05, 0) is 12.2 Å². The molecular weight excluding hydrogens is 182 g/mol. The van der Waals surface area contributed by atoms with Crippen LogP contribution in [0.5, 0.6) is 0 Å². The van der Waals surface area contributed by atoms with Gasteiger partial charge in [-0.25, -0.2) is 0 Å². The van der Waals surface area contributed by atoms with Crippen LogP contribution >= 0.6 is 11.8 Å². The molecule has 0 saturated heterocycles. The van der Waals surface area contributed by atoms with E-state index < -0.39 is 0 Å². The van der Waals surface area contributed by atoms with E-state index >= 15 is 0 Å². The Hall–Kier alpha value is -0.640. The summed E-state index contributed by atoms with van der Waals surface area (Å²) in [6, 6.07) is 0. The minimum Gasteiger partial charge on any atom is -0.396 e. The Bertz CT molecular complexity index is 268. The van der Waals surface area contributed by atoms with Gasteiger partial charge in [0.1, 0.15) is 0 Å². The van der Waals surface area contributed by atoms with Crippen molar-refractivity contribution < 1.29 is 0 Å². The summed E-state index contributed by atoms with van der Waals surface area (Å²) in [4.78, 5) is 0. The largest absolute Gasteiger partial charge is 0.396 e. The van der Waals surface area contributed by atoms with Crippen LogP contribution in [0, 0.1) is 6.92 Å². The number of nitrogen functional groups attached to an aromatic ring is 1. The highest BCUT2D eigenvalue weighted by molar-refractivity contribution is 7.99. The highest BCUT2D eigenvalue weighted by Crippen LogP contribution is 2.12. The normalized spacial score (nSPS) is 11.1. The molecule has 0 aliphatic rings. The van der Waals surface area contributed by atoms with Gasteiger partial charge >= 0.3 is 0 Å². The van der Waals surface area contributed by atoms with E-state index in [0.717, 1.165) is 23.7 Å². The number of nitrogens with zero attached hydrogens (tertiary/aromatic N) is 2. The van der Waals surface area contributed by atoms with Gasteiger partial charge in [0.25, 0.3) is 0 Å². The lowest BCUT2D eigenvalue weighted by atomic mass is 10.4. The van der Waals surface area contributed by atoms with Gasteiger partial charge in [0, 0.05) is 5.75 Å². The molecule has 1 heterocycles. The van der Waals surface area contributed by atoms with Crippen molar-refractivity contribution in [2.45, 2.75) is 32.6 Å². The summed E-state index contributed by atoms with van der Waals surface area (Å²) in [5, 5.41) is 4.88. The van der Waals surface area contributed by atoms with Crippen molar-refractivity contribution in [3.8, 4) is 0 Å². The molecule has 74 valence electrons. The highest BCUT2D eigenvalue weighted by Gasteiger charge is 2.02. The third-order valence-corrected chi connectivity index (χ3v) is 2.98. The second kappa shape index (κ2) is 4.56. The van der Waals surface area contributed by atoms with Crippen molar-refractivity contribution >= 4 is 17.4 Å². The number of rotatable bonds is 4. The second-order valence-corrected chi connectivity index (χ2v) is 5.01. The average molecular weight is 199 g/mol. The lowest BCUT2D eigenvalue weighted by molar-refractivity contribution is 0.646. The summed E-state index contributed by atoms with van der Waals surface area (Å²) >= 11 is 1.94. The Balaban J connectivity index is 2.41. The van der Waals surface area contributed by atoms with Crippen molar-refractivity contribution in [2.24, 2.45) is 0 Å². The molecule has 0 bridgehead atoms. The van der Waals surface area contributed by atoms with E-state index in [0.29, 0.717) is 5.25 Å². The Kier molecular flexibility index (Phi) is 3.66. The van der Waals surface area contributed by atoms with Gasteiger partial charge < -0.3 is 5.73 Å². The third-order valence-electron chi connectivity index (χ3n) is 1.90. The minimum absolute atomic E-state index is 0.688. The number of aromatic nitrogens is 2. The predicted molar refractivity (Wildman–Crippen MR) is 59.0 cm³/mol. The predicted octanol–water partition coefficient (Wildman–Crippen LogP) is 1.92. The molecule has 0 amide bonds. The van der Waals surface area contributed by atoms with Gasteiger partial charge in [0.05, 0.1) is 24.1 Å². The van der Waals surface area contributed by atoms with Crippen LogP contribution in [0.25, 0.3) is 0 Å². The van der Waals surface area contributed by atoms with Crippen LogP contribution in [-0.2, 0) is 6.54 Å². The summed E-state index contributed by atoms with van der Waals surface area (Å²) in [7, 11) is 0. The summed E-state index contributed by atoms with van der Waals surface area (Å²) in [5.41, 5.74) is 7.54. The van der Waals surface area contributed by atoms with Gasteiger partial charge in [-0.1, -0.05) is 13.8 Å². The molecule has 0 aliphatic heterocycles. The molecule has 0 fully saturated rings. The fraction of sp³-hybridized carbons (Fsp3) is 0.667. The summed E-state index contributed by atoms with van der Waals surface area (Å²) in [6.45, 7) is 7.36. The van der Waals surface area contributed by atoms with E-state index in [2.05, 4.69) is 18.9 Å². The minimum atomic E-state index is 0.688. The zero-order chi connectivity index (χ0) is 9.84. The molecule has 0 spiro atoms. The Morgan fingerprint density at radius 1 is 1.62 bits per heavy atom. The zero-order valence-corrected chi connectivity index (χ0v) is 9.27. The van der Waals surface area contributed by atoms with Gasteiger partial charge in [0.15, 0.2) is 0 Å². The first-order valence-electron chi connectivity index (χ1n) is 4.50. The molecule has 0 aliphatic carbocycles. The number of nitrogens with two attached hydrogens (primary N) is 1. The number of thioether (sulfide) groups is 1. The van der Waals surface area contributed by atoms with Crippen molar-refractivity contribution in [3.63, 3.8) is 0 Å². The molecule has 4 heteroatoms. The maximum absolute atomic E-state index is 5.68. The number of aryl methyl sites for hydroxylation is 1. The SMILES string of the molecule is Cc1c(N)cnn1CCSC(C)C. The zero-order valence-electron chi connectivity index (χ0n) is 8.45. The van der Waals surface area contributed by atoms with Crippen LogP contribution < -0.4 is 5.73 Å². The lowest BCUT2D eigenvalue weighted by Crippen LogP contribution is -2.06. The van der Waals surface area contributed by atoms with Gasteiger partial charge in [0.2, 0.25) is 0 Å². The molecular formula is C9H17N3S. The number of hydrogen-bond acceptors (Lipinski definition) is 3. The van der Waals surface area contributed by atoms with Crippen LogP contribution in [0.4, 0.5) is 5.69 Å². The number of anilines is 1. The van der Waals surface area contributed by atoms with Crippen LogP contribution in [0.1, 0.15) is 19.5 Å². The molecule has 0 aromatic carbocycles. The summed E-state index contributed by atoms with van der Waals surface area (Å²) < 4.78 is 1.96. The van der Waals surface area contributed by atoms with Crippen LogP contribution in [0.3, 0.4) is 0 Å². The Morgan fingerprint density at radius 3 is 2.77 bits per heavy atom. The van der Waals surface area contributed by atoms with Crippen LogP contribution in [-0.4, -0.2) is 20.8 Å². The van der Waals surface area contributed by atoms with Crippen LogP contribution in [0.15, 0.2) is 6.20 Å². The quantitative estimate of drug-likeness (QED) is 0.805. The molecule has 1 rings (SSSR count). The summed E-state index contributed by atoms with van der Waals surface area (Å²) in [5.74, 6) is 1.10. The van der Waals surface area contributed by atoms with E-state index in [-0.39, 0.29) is 0 Å².